The summed E-state index contributed by atoms with van der Waals surface area (Å²) in [5, 5.41) is 4.13. The van der Waals surface area contributed by atoms with Crippen molar-refractivity contribution >= 4 is 0 Å². The van der Waals surface area contributed by atoms with E-state index in [1.807, 2.05) is 6.92 Å². The SMILES string of the molecule is CC(C)COC(C)c1noc(CN2CC3CN4CCCCC4C3C2)n1. The number of ether oxygens (including phenoxy) is 1. The molecule has 4 heterocycles. The Labute approximate surface area is 150 Å². The van der Waals surface area contributed by atoms with Gasteiger partial charge in [0.25, 0.3) is 0 Å². The predicted molar refractivity (Wildman–Crippen MR) is 95.0 cm³/mol. The highest BCUT2D eigenvalue weighted by atomic mass is 16.5. The van der Waals surface area contributed by atoms with Gasteiger partial charge in [0.2, 0.25) is 5.89 Å². The quantitative estimate of drug-likeness (QED) is 0.788. The lowest BCUT2D eigenvalue weighted by Crippen LogP contribution is -2.39. The van der Waals surface area contributed by atoms with Crippen LogP contribution in [0.2, 0.25) is 0 Å². The highest BCUT2D eigenvalue weighted by molar-refractivity contribution is 5.01. The van der Waals surface area contributed by atoms with Gasteiger partial charge in [0.15, 0.2) is 5.82 Å². The van der Waals surface area contributed by atoms with Gasteiger partial charge < -0.3 is 9.26 Å². The third-order valence-electron chi connectivity index (χ3n) is 6.08. The van der Waals surface area contributed by atoms with Crippen molar-refractivity contribution in [2.75, 3.05) is 32.8 Å². The first-order valence-electron chi connectivity index (χ1n) is 10.0. The van der Waals surface area contributed by atoms with Crippen molar-refractivity contribution in [2.24, 2.45) is 17.8 Å². The topological polar surface area (TPSA) is 54.6 Å². The highest BCUT2D eigenvalue weighted by Crippen LogP contribution is 2.40. The number of nitrogens with zero attached hydrogens (tertiary/aromatic N) is 4. The summed E-state index contributed by atoms with van der Waals surface area (Å²) in [6.45, 7) is 12.8. The molecule has 0 spiro atoms. The molecule has 0 aromatic carbocycles. The van der Waals surface area contributed by atoms with Gasteiger partial charge in [-0.2, -0.15) is 4.98 Å². The average molecular weight is 348 g/mol. The van der Waals surface area contributed by atoms with E-state index in [0.29, 0.717) is 11.7 Å². The van der Waals surface area contributed by atoms with E-state index in [9.17, 15) is 0 Å². The van der Waals surface area contributed by atoms with Gasteiger partial charge in [-0.25, -0.2) is 0 Å². The molecule has 3 saturated heterocycles. The Morgan fingerprint density at radius 3 is 2.92 bits per heavy atom. The van der Waals surface area contributed by atoms with Gasteiger partial charge in [-0.15, -0.1) is 0 Å². The van der Waals surface area contributed by atoms with E-state index in [2.05, 4.69) is 33.8 Å². The molecule has 0 N–H and O–H groups in total. The van der Waals surface area contributed by atoms with Gasteiger partial charge in [-0.3, -0.25) is 9.80 Å². The van der Waals surface area contributed by atoms with E-state index in [0.717, 1.165) is 36.9 Å². The summed E-state index contributed by atoms with van der Waals surface area (Å²) in [5.74, 6) is 3.59. The van der Waals surface area contributed by atoms with E-state index >= 15 is 0 Å². The lowest BCUT2D eigenvalue weighted by molar-refractivity contribution is 0.0402. The van der Waals surface area contributed by atoms with Crippen LogP contribution in [0.1, 0.15) is 57.9 Å². The zero-order chi connectivity index (χ0) is 17.4. The zero-order valence-corrected chi connectivity index (χ0v) is 15.9. The van der Waals surface area contributed by atoms with Crippen molar-refractivity contribution in [3.63, 3.8) is 0 Å². The molecule has 4 unspecified atom stereocenters. The minimum absolute atomic E-state index is 0.103. The number of piperidine rings is 1. The Morgan fingerprint density at radius 1 is 1.20 bits per heavy atom. The van der Waals surface area contributed by atoms with Gasteiger partial charge in [0.1, 0.15) is 6.10 Å². The molecule has 4 atom stereocenters. The molecule has 25 heavy (non-hydrogen) atoms. The van der Waals surface area contributed by atoms with Crippen molar-refractivity contribution in [2.45, 2.75) is 58.7 Å². The zero-order valence-electron chi connectivity index (χ0n) is 15.9. The minimum atomic E-state index is -0.103. The minimum Gasteiger partial charge on any atom is -0.370 e. The summed E-state index contributed by atoms with van der Waals surface area (Å²) < 4.78 is 11.3. The largest absolute Gasteiger partial charge is 0.370 e. The Hall–Kier alpha value is -0.980. The third kappa shape index (κ3) is 3.76. The van der Waals surface area contributed by atoms with Crippen LogP contribution in [0.15, 0.2) is 4.52 Å². The van der Waals surface area contributed by atoms with Crippen LogP contribution in [0.25, 0.3) is 0 Å². The molecule has 3 aliphatic heterocycles. The Balaban J connectivity index is 1.31. The summed E-state index contributed by atoms with van der Waals surface area (Å²) in [4.78, 5) is 9.83. The Bertz CT molecular complexity index is 576. The van der Waals surface area contributed by atoms with Crippen LogP contribution in [0.4, 0.5) is 0 Å². The van der Waals surface area contributed by atoms with Crippen LogP contribution < -0.4 is 0 Å². The van der Waals surface area contributed by atoms with Gasteiger partial charge >= 0.3 is 0 Å². The van der Waals surface area contributed by atoms with E-state index in [4.69, 9.17) is 9.26 Å². The van der Waals surface area contributed by atoms with Crippen LogP contribution >= 0.6 is 0 Å². The molecule has 6 nitrogen and oxygen atoms in total. The summed E-state index contributed by atoms with van der Waals surface area (Å²) in [5.41, 5.74) is 0. The first kappa shape index (κ1) is 17.4. The van der Waals surface area contributed by atoms with Gasteiger partial charge in [-0.05, 0) is 44.1 Å². The maximum Gasteiger partial charge on any atom is 0.240 e. The van der Waals surface area contributed by atoms with E-state index < -0.39 is 0 Å². The second-order valence-corrected chi connectivity index (χ2v) is 8.59. The van der Waals surface area contributed by atoms with Crippen molar-refractivity contribution < 1.29 is 9.26 Å². The van der Waals surface area contributed by atoms with Crippen LogP contribution in [-0.2, 0) is 11.3 Å². The lowest BCUT2D eigenvalue weighted by atomic mass is 9.90. The molecule has 6 heteroatoms. The fourth-order valence-electron chi connectivity index (χ4n) is 4.88. The fraction of sp³-hybridized carbons (Fsp3) is 0.895. The fourth-order valence-corrected chi connectivity index (χ4v) is 4.88. The van der Waals surface area contributed by atoms with Gasteiger partial charge in [-0.1, -0.05) is 25.4 Å². The smallest absolute Gasteiger partial charge is 0.240 e. The summed E-state index contributed by atoms with van der Waals surface area (Å²) in [7, 11) is 0. The monoisotopic (exact) mass is 348 g/mol. The number of hydrogen-bond acceptors (Lipinski definition) is 6. The molecule has 0 amide bonds. The predicted octanol–water partition coefficient (Wildman–Crippen LogP) is 2.72. The molecule has 0 aliphatic carbocycles. The second kappa shape index (κ2) is 7.33. The molecule has 1 aromatic rings. The second-order valence-electron chi connectivity index (χ2n) is 8.59. The summed E-state index contributed by atoms with van der Waals surface area (Å²) in [6.07, 6.45) is 4.09. The lowest BCUT2D eigenvalue weighted by Gasteiger charge is -2.33. The van der Waals surface area contributed by atoms with Gasteiger partial charge in [0.05, 0.1) is 6.54 Å². The van der Waals surface area contributed by atoms with E-state index in [-0.39, 0.29) is 6.10 Å². The normalized spacial score (nSPS) is 31.4. The molecule has 4 rings (SSSR count). The number of fused-ring (bicyclic) bond motifs is 3. The van der Waals surface area contributed by atoms with Crippen molar-refractivity contribution in [3.05, 3.63) is 11.7 Å². The molecular formula is C19H32N4O2. The molecule has 140 valence electrons. The molecule has 0 radical (unpaired) electrons. The Morgan fingerprint density at radius 2 is 2.08 bits per heavy atom. The summed E-state index contributed by atoms with van der Waals surface area (Å²) >= 11 is 0. The van der Waals surface area contributed by atoms with Crippen LogP contribution in [-0.4, -0.2) is 58.8 Å². The highest BCUT2D eigenvalue weighted by Gasteiger charge is 2.47. The standard InChI is InChI=1S/C19H32N4O2/c1-13(2)12-24-14(3)19-20-18(25-21-19)11-22-8-15-9-23-7-5-4-6-17(23)16(15)10-22/h13-17H,4-12H2,1-3H3. The van der Waals surface area contributed by atoms with Crippen molar-refractivity contribution in [1.82, 2.24) is 19.9 Å². The van der Waals surface area contributed by atoms with Crippen LogP contribution in [0.3, 0.4) is 0 Å². The van der Waals surface area contributed by atoms with Crippen LogP contribution in [0.5, 0.6) is 0 Å². The number of likely N-dealkylation sites (tertiary alicyclic amines) is 1. The molecule has 0 bridgehead atoms. The number of rotatable bonds is 6. The average Bonchev–Trinajstić information content (AvgIpc) is 3.27. The maximum atomic E-state index is 5.79. The molecule has 1 aromatic heterocycles. The van der Waals surface area contributed by atoms with Crippen LogP contribution in [0, 0.1) is 17.8 Å². The summed E-state index contributed by atoms with van der Waals surface area (Å²) in [6, 6.07) is 0.825. The molecule has 0 saturated carbocycles. The first-order valence-corrected chi connectivity index (χ1v) is 10.0. The number of hydrogen-bond donors (Lipinski definition) is 0. The molecular weight excluding hydrogens is 316 g/mol. The molecule has 3 aliphatic rings. The molecule has 3 fully saturated rings. The number of aromatic nitrogens is 2. The van der Waals surface area contributed by atoms with Crippen molar-refractivity contribution in [1.29, 1.82) is 0 Å². The van der Waals surface area contributed by atoms with E-state index in [1.165, 1.54) is 45.4 Å². The van der Waals surface area contributed by atoms with Gasteiger partial charge in [0, 0.05) is 32.3 Å². The maximum absolute atomic E-state index is 5.79. The first-order chi connectivity index (χ1) is 12.1. The third-order valence-corrected chi connectivity index (χ3v) is 6.08. The van der Waals surface area contributed by atoms with E-state index in [1.54, 1.807) is 0 Å². The Kier molecular flexibility index (Phi) is 5.11. The van der Waals surface area contributed by atoms with Crippen molar-refractivity contribution in [3.8, 4) is 0 Å².